The van der Waals surface area contributed by atoms with Gasteiger partial charge in [-0.3, -0.25) is 9.10 Å². The molecular formula is C27H24N4O4S2. The molecule has 0 spiro atoms. The lowest BCUT2D eigenvalue weighted by molar-refractivity contribution is -0.113. The topological polar surface area (TPSA) is 101 Å². The maximum Gasteiger partial charge on any atom is 0.268 e. The normalized spacial score (nSPS) is 13.4. The van der Waals surface area contributed by atoms with Gasteiger partial charge in [0.2, 0.25) is 5.91 Å². The maximum absolute atomic E-state index is 13.6. The van der Waals surface area contributed by atoms with Crippen molar-refractivity contribution in [3.8, 4) is 17.0 Å². The van der Waals surface area contributed by atoms with Crippen LogP contribution < -0.4 is 14.4 Å². The number of benzene rings is 3. The summed E-state index contributed by atoms with van der Waals surface area (Å²) in [6, 6.07) is 22.1. The van der Waals surface area contributed by atoms with Crippen molar-refractivity contribution in [3.63, 3.8) is 0 Å². The number of nitrogens with zero attached hydrogens (tertiary/aromatic N) is 3. The largest absolute Gasteiger partial charge is 0.497 e. The fourth-order valence-corrected chi connectivity index (χ4v) is 6.18. The molecule has 10 heteroatoms. The summed E-state index contributed by atoms with van der Waals surface area (Å²) in [5, 5.41) is 3.13. The fourth-order valence-electron chi connectivity index (χ4n) is 4.00. The Kier molecular flexibility index (Phi) is 6.86. The zero-order valence-corrected chi connectivity index (χ0v) is 21.8. The fraction of sp³-hybridized carbons (Fsp3) is 0.148. The van der Waals surface area contributed by atoms with Gasteiger partial charge in [0, 0.05) is 17.3 Å². The van der Waals surface area contributed by atoms with Gasteiger partial charge in [-0.2, -0.15) is 0 Å². The second-order valence-electron chi connectivity index (χ2n) is 8.45. The van der Waals surface area contributed by atoms with Crippen LogP contribution in [0.15, 0.2) is 89.0 Å². The number of nitrogens with one attached hydrogen (secondary N) is 1. The number of fused-ring (bicyclic) bond motifs is 3. The predicted octanol–water partition coefficient (Wildman–Crippen LogP) is 4.90. The van der Waals surface area contributed by atoms with E-state index >= 15 is 0 Å². The van der Waals surface area contributed by atoms with Gasteiger partial charge in [0.05, 0.1) is 37.0 Å². The number of amides is 1. The van der Waals surface area contributed by atoms with E-state index in [4.69, 9.17) is 4.74 Å². The van der Waals surface area contributed by atoms with Crippen molar-refractivity contribution in [2.75, 3.05) is 22.5 Å². The second-order valence-corrected chi connectivity index (χ2v) is 11.2. The summed E-state index contributed by atoms with van der Waals surface area (Å²) in [7, 11) is -2.33. The summed E-state index contributed by atoms with van der Waals surface area (Å²) in [5.74, 6) is 0.459. The standard InChI is InChI=1S/C27H24N4O4S2/c1-18-10-12-19(13-11-18)16-31-23-9-4-3-8-22(23)26-24(37(31,33)34)15-28-27(30-26)36-17-25(32)29-20-6-5-7-21(14-20)35-2/h3-15H,16-17H2,1-2H3,(H,29,32). The molecule has 37 heavy (non-hydrogen) atoms. The first-order valence-corrected chi connectivity index (χ1v) is 13.9. The lowest BCUT2D eigenvalue weighted by atomic mass is 10.1. The van der Waals surface area contributed by atoms with Crippen LogP contribution in [-0.2, 0) is 21.4 Å². The summed E-state index contributed by atoms with van der Waals surface area (Å²) in [6.45, 7) is 2.18. The number of carbonyl (C=O) groups is 1. The molecule has 0 radical (unpaired) electrons. The molecule has 188 valence electrons. The lowest BCUT2D eigenvalue weighted by Crippen LogP contribution is -2.34. The van der Waals surface area contributed by atoms with Crippen LogP contribution in [0.3, 0.4) is 0 Å². The SMILES string of the molecule is COc1cccc(NC(=O)CSc2ncc3c(n2)-c2ccccc2N(Cc2ccc(C)cc2)S3(=O)=O)c1. The molecule has 1 amide bonds. The molecule has 1 aliphatic rings. The Morgan fingerprint density at radius 3 is 2.62 bits per heavy atom. The predicted molar refractivity (Wildman–Crippen MR) is 144 cm³/mol. The van der Waals surface area contributed by atoms with E-state index in [1.165, 1.54) is 10.5 Å². The van der Waals surface area contributed by atoms with Crippen LogP contribution in [0.5, 0.6) is 5.75 Å². The van der Waals surface area contributed by atoms with Crippen LogP contribution in [0, 0.1) is 6.92 Å². The van der Waals surface area contributed by atoms with Crippen molar-refractivity contribution in [3.05, 3.63) is 90.1 Å². The van der Waals surface area contributed by atoms with Gasteiger partial charge in [0.25, 0.3) is 10.0 Å². The first-order valence-electron chi connectivity index (χ1n) is 11.5. The summed E-state index contributed by atoms with van der Waals surface area (Å²) in [6.07, 6.45) is 1.33. The minimum Gasteiger partial charge on any atom is -0.497 e. The number of rotatable bonds is 7. The molecule has 2 heterocycles. The molecule has 0 atom stereocenters. The Morgan fingerprint density at radius 2 is 1.84 bits per heavy atom. The Hall–Kier alpha value is -3.89. The first-order chi connectivity index (χ1) is 17.8. The Morgan fingerprint density at radius 1 is 1.05 bits per heavy atom. The summed E-state index contributed by atoms with van der Waals surface area (Å²) >= 11 is 1.14. The van der Waals surface area contributed by atoms with Gasteiger partial charge in [-0.15, -0.1) is 0 Å². The number of methoxy groups -OCH3 is 1. The highest BCUT2D eigenvalue weighted by atomic mass is 32.2. The zero-order valence-electron chi connectivity index (χ0n) is 20.2. The summed E-state index contributed by atoms with van der Waals surface area (Å²) in [5.41, 5.74) is 4.19. The third-order valence-corrected chi connectivity index (χ3v) is 8.48. The number of para-hydroxylation sites is 1. The number of hydrogen-bond donors (Lipinski definition) is 1. The van der Waals surface area contributed by atoms with Crippen LogP contribution in [0.1, 0.15) is 11.1 Å². The monoisotopic (exact) mass is 532 g/mol. The second kappa shape index (κ2) is 10.2. The van der Waals surface area contributed by atoms with Crippen molar-refractivity contribution in [1.29, 1.82) is 0 Å². The van der Waals surface area contributed by atoms with Crippen LogP contribution in [0.4, 0.5) is 11.4 Å². The first kappa shape index (κ1) is 24.8. The Labute approximate surface area is 219 Å². The van der Waals surface area contributed by atoms with E-state index in [9.17, 15) is 13.2 Å². The zero-order chi connectivity index (χ0) is 26.0. The van der Waals surface area contributed by atoms with Gasteiger partial charge < -0.3 is 10.1 Å². The van der Waals surface area contributed by atoms with E-state index in [1.807, 2.05) is 43.3 Å². The van der Waals surface area contributed by atoms with Crippen molar-refractivity contribution < 1.29 is 17.9 Å². The third-order valence-electron chi connectivity index (χ3n) is 5.86. The molecule has 0 fully saturated rings. The number of ether oxygens (including phenoxy) is 1. The number of thioether (sulfide) groups is 1. The molecule has 1 aliphatic heterocycles. The van der Waals surface area contributed by atoms with Gasteiger partial charge in [-0.05, 0) is 30.7 Å². The number of aromatic nitrogens is 2. The van der Waals surface area contributed by atoms with Crippen molar-refractivity contribution in [2.24, 2.45) is 0 Å². The molecule has 0 aliphatic carbocycles. The average Bonchev–Trinajstić information content (AvgIpc) is 2.91. The molecule has 1 aromatic heterocycles. The Bertz CT molecular complexity index is 1570. The van der Waals surface area contributed by atoms with Gasteiger partial charge >= 0.3 is 0 Å². The highest BCUT2D eigenvalue weighted by molar-refractivity contribution is 7.99. The number of hydrogen-bond acceptors (Lipinski definition) is 7. The van der Waals surface area contributed by atoms with Crippen LogP contribution in [0.25, 0.3) is 11.3 Å². The lowest BCUT2D eigenvalue weighted by Gasteiger charge is -2.31. The molecule has 0 saturated carbocycles. The minimum absolute atomic E-state index is 0.0449. The number of sulfonamides is 1. The van der Waals surface area contributed by atoms with E-state index < -0.39 is 10.0 Å². The van der Waals surface area contributed by atoms with E-state index in [1.54, 1.807) is 43.5 Å². The van der Waals surface area contributed by atoms with Crippen molar-refractivity contribution >= 4 is 39.1 Å². The number of anilines is 2. The number of carbonyl (C=O) groups excluding carboxylic acids is 1. The molecule has 0 saturated heterocycles. The smallest absolute Gasteiger partial charge is 0.268 e. The van der Waals surface area contributed by atoms with Gasteiger partial charge in [0.1, 0.15) is 10.6 Å². The van der Waals surface area contributed by atoms with Crippen molar-refractivity contribution in [2.45, 2.75) is 23.5 Å². The van der Waals surface area contributed by atoms with Gasteiger partial charge in [-0.25, -0.2) is 18.4 Å². The van der Waals surface area contributed by atoms with Crippen LogP contribution in [0.2, 0.25) is 0 Å². The van der Waals surface area contributed by atoms with Crippen LogP contribution >= 0.6 is 11.8 Å². The molecule has 0 unspecified atom stereocenters. The van der Waals surface area contributed by atoms with E-state index in [0.717, 1.165) is 22.9 Å². The summed E-state index contributed by atoms with van der Waals surface area (Å²) < 4.78 is 33.8. The molecule has 1 N–H and O–H groups in total. The molecular weight excluding hydrogens is 508 g/mol. The van der Waals surface area contributed by atoms with Gasteiger partial charge in [0.15, 0.2) is 5.16 Å². The molecule has 3 aromatic carbocycles. The molecule has 5 rings (SSSR count). The minimum atomic E-state index is -3.89. The summed E-state index contributed by atoms with van der Waals surface area (Å²) in [4.78, 5) is 21.3. The van der Waals surface area contributed by atoms with E-state index in [-0.39, 0.29) is 23.1 Å². The quantitative estimate of drug-likeness (QED) is 0.267. The van der Waals surface area contributed by atoms with E-state index in [2.05, 4.69) is 15.3 Å². The molecule has 0 bridgehead atoms. The highest BCUT2D eigenvalue weighted by Gasteiger charge is 2.36. The highest BCUT2D eigenvalue weighted by Crippen LogP contribution is 2.42. The number of aryl methyl sites for hydroxylation is 1. The van der Waals surface area contributed by atoms with Crippen LogP contribution in [-0.4, -0.2) is 37.2 Å². The average molecular weight is 533 g/mol. The Balaban J connectivity index is 1.39. The van der Waals surface area contributed by atoms with Gasteiger partial charge in [-0.1, -0.05) is 65.9 Å². The molecule has 4 aromatic rings. The van der Waals surface area contributed by atoms with Crippen molar-refractivity contribution in [1.82, 2.24) is 9.97 Å². The molecule has 8 nitrogen and oxygen atoms in total. The van der Waals surface area contributed by atoms with E-state index in [0.29, 0.717) is 33.5 Å². The maximum atomic E-state index is 13.6. The third kappa shape index (κ3) is 5.16.